The highest BCUT2D eigenvalue weighted by Crippen LogP contribution is 2.31. The number of methoxy groups -OCH3 is 2. The molecule has 0 aliphatic heterocycles. The molecule has 1 N–H and O–H groups in total. The van der Waals surface area contributed by atoms with Crippen molar-refractivity contribution < 1.29 is 19.1 Å². The largest absolute Gasteiger partial charge is 0.495 e. The molecule has 7 nitrogen and oxygen atoms in total. The summed E-state index contributed by atoms with van der Waals surface area (Å²) in [5, 5.41) is 5.38. The van der Waals surface area contributed by atoms with E-state index in [4.69, 9.17) is 16.3 Å². The molecule has 0 bridgehead atoms. The molecular formula is C18H14ClN3O4S. The second-order valence-electron chi connectivity index (χ2n) is 5.27. The van der Waals surface area contributed by atoms with Crippen LogP contribution in [0.4, 0.5) is 5.13 Å². The SMILES string of the molecule is COC(=O)c1ccc(C(=O)Nc2nc(-c3ccc(OC)c(Cl)c3)cs2)nc1. The van der Waals surface area contributed by atoms with E-state index in [1.807, 2.05) is 11.4 Å². The maximum absolute atomic E-state index is 12.3. The van der Waals surface area contributed by atoms with E-state index in [1.165, 1.54) is 36.8 Å². The normalized spacial score (nSPS) is 10.3. The van der Waals surface area contributed by atoms with Crippen molar-refractivity contribution in [3.8, 4) is 17.0 Å². The number of nitrogens with zero attached hydrogens (tertiary/aromatic N) is 2. The molecule has 138 valence electrons. The molecule has 2 aromatic heterocycles. The fourth-order valence-electron chi connectivity index (χ4n) is 2.22. The summed E-state index contributed by atoms with van der Waals surface area (Å²) in [7, 11) is 2.82. The predicted molar refractivity (Wildman–Crippen MR) is 103 cm³/mol. The summed E-state index contributed by atoms with van der Waals surface area (Å²) in [6.07, 6.45) is 1.29. The van der Waals surface area contributed by atoms with Gasteiger partial charge in [-0.15, -0.1) is 11.3 Å². The molecule has 2 heterocycles. The Balaban J connectivity index is 1.72. The first-order valence-electron chi connectivity index (χ1n) is 7.67. The lowest BCUT2D eigenvalue weighted by Crippen LogP contribution is -2.14. The number of aromatic nitrogens is 2. The topological polar surface area (TPSA) is 90.4 Å². The van der Waals surface area contributed by atoms with Crippen LogP contribution in [0.5, 0.6) is 5.75 Å². The summed E-state index contributed by atoms with van der Waals surface area (Å²) < 4.78 is 9.73. The number of hydrogen-bond acceptors (Lipinski definition) is 7. The lowest BCUT2D eigenvalue weighted by Gasteiger charge is -2.04. The second kappa shape index (κ2) is 8.15. The number of thiazole rings is 1. The van der Waals surface area contributed by atoms with Crippen LogP contribution in [0, 0.1) is 0 Å². The van der Waals surface area contributed by atoms with Gasteiger partial charge in [0.05, 0.1) is 30.5 Å². The summed E-state index contributed by atoms with van der Waals surface area (Å²) in [6, 6.07) is 8.24. The van der Waals surface area contributed by atoms with E-state index in [9.17, 15) is 9.59 Å². The van der Waals surface area contributed by atoms with Gasteiger partial charge in [-0.05, 0) is 30.3 Å². The third-order valence-corrected chi connectivity index (χ3v) is 4.64. The van der Waals surface area contributed by atoms with Crippen LogP contribution in [-0.4, -0.2) is 36.1 Å². The van der Waals surface area contributed by atoms with Crippen molar-refractivity contribution in [2.75, 3.05) is 19.5 Å². The van der Waals surface area contributed by atoms with Gasteiger partial charge < -0.3 is 9.47 Å². The van der Waals surface area contributed by atoms with Crippen LogP contribution in [0.3, 0.4) is 0 Å². The number of benzene rings is 1. The molecule has 0 atom stereocenters. The molecule has 0 fully saturated rings. The molecule has 3 aromatic rings. The Morgan fingerprint density at radius 2 is 2.00 bits per heavy atom. The first-order chi connectivity index (χ1) is 13.0. The zero-order valence-corrected chi connectivity index (χ0v) is 15.9. The first-order valence-corrected chi connectivity index (χ1v) is 8.92. The van der Waals surface area contributed by atoms with E-state index in [0.29, 0.717) is 21.6 Å². The number of amides is 1. The number of carbonyl (C=O) groups excluding carboxylic acids is 2. The summed E-state index contributed by atoms with van der Waals surface area (Å²) in [4.78, 5) is 32.0. The zero-order chi connectivity index (χ0) is 19.4. The standard InChI is InChI=1S/C18H14ClN3O4S/c1-25-15-6-4-10(7-12(15)19)14-9-27-18(21-14)22-16(23)13-5-3-11(8-20-13)17(24)26-2/h3-9H,1-2H3,(H,21,22,23). The van der Waals surface area contributed by atoms with Crippen molar-refractivity contribution in [3.63, 3.8) is 0 Å². The Labute approximate surface area is 163 Å². The van der Waals surface area contributed by atoms with Crippen LogP contribution in [0.2, 0.25) is 5.02 Å². The van der Waals surface area contributed by atoms with Crippen molar-refractivity contribution in [1.82, 2.24) is 9.97 Å². The minimum absolute atomic E-state index is 0.159. The van der Waals surface area contributed by atoms with E-state index in [-0.39, 0.29) is 11.3 Å². The molecule has 0 radical (unpaired) electrons. The fourth-order valence-corrected chi connectivity index (χ4v) is 3.19. The van der Waals surface area contributed by atoms with Crippen molar-refractivity contribution in [3.05, 3.63) is 58.2 Å². The average Bonchev–Trinajstić information content (AvgIpc) is 3.15. The van der Waals surface area contributed by atoms with Crippen LogP contribution in [0.25, 0.3) is 11.3 Å². The van der Waals surface area contributed by atoms with Crippen LogP contribution in [0.15, 0.2) is 41.9 Å². The maximum atomic E-state index is 12.3. The fraction of sp³-hybridized carbons (Fsp3) is 0.111. The van der Waals surface area contributed by atoms with Gasteiger partial charge in [0.15, 0.2) is 5.13 Å². The van der Waals surface area contributed by atoms with Gasteiger partial charge in [0.25, 0.3) is 5.91 Å². The van der Waals surface area contributed by atoms with Gasteiger partial charge in [-0.3, -0.25) is 15.1 Å². The number of esters is 1. The molecule has 1 aromatic carbocycles. The molecule has 0 aliphatic rings. The lowest BCUT2D eigenvalue weighted by atomic mass is 10.2. The zero-order valence-electron chi connectivity index (χ0n) is 14.4. The van der Waals surface area contributed by atoms with Crippen LogP contribution in [-0.2, 0) is 4.74 Å². The average molecular weight is 404 g/mol. The van der Waals surface area contributed by atoms with Gasteiger partial charge in [-0.2, -0.15) is 0 Å². The van der Waals surface area contributed by atoms with E-state index >= 15 is 0 Å². The van der Waals surface area contributed by atoms with E-state index < -0.39 is 11.9 Å². The lowest BCUT2D eigenvalue weighted by molar-refractivity contribution is 0.0600. The highest BCUT2D eigenvalue weighted by Gasteiger charge is 2.13. The summed E-state index contributed by atoms with van der Waals surface area (Å²) in [6.45, 7) is 0. The summed E-state index contributed by atoms with van der Waals surface area (Å²) in [5.41, 5.74) is 1.90. The third-order valence-electron chi connectivity index (χ3n) is 3.59. The van der Waals surface area contributed by atoms with Crippen molar-refractivity contribution in [2.45, 2.75) is 0 Å². The third kappa shape index (κ3) is 4.24. The Bertz CT molecular complexity index is 989. The van der Waals surface area contributed by atoms with E-state index in [1.54, 1.807) is 19.2 Å². The van der Waals surface area contributed by atoms with Crippen LogP contribution >= 0.6 is 22.9 Å². The molecule has 0 spiro atoms. The molecule has 9 heteroatoms. The highest BCUT2D eigenvalue weighted by atomic mass is 35.5. The van der Waals surface area contributed by atoms with Gasteiger partial charge in [0, 0.05) is 17.1 Å². The van der Waals surface area contributed by atoms with Gasteiger partial charge in [-0.1, -0.05) is 11.6 Å². The van der Waals surface area contributed by atoms with Gasteiger partial charge in [0.1, 0.15) is 11.4 Å². The molecular weight excluding hydrogens is 390 g/mol. The molecule has 0 unspecified atom stereocenters. The summed E-state index contributed by atoms with van der Waals surface area (Å²) in [5.74, 6) is -0.372. The number of rotatable bonds is 5. The monoisotopic (exact) mass is 403 g/mol. The van der Waals surface area contributed by atoms with Gasteiger partial charge >= 0.3 is 5.97 Å². The maximum Gasteiger partial charge on any atom is 0.339 e. The number of nitrogens with one attached hydrogen (secondary N) is 1. The number of carbonyl (C=O) groups is 2. The molecule has 0 saturated carbocycles. The van der Waals surface area contributed by atoms with Gasteiger partial charge in [0.2, 0.25) is 0 Å². The number of anilines is 1. The molecule has 1 amide bonds. The Hall–Kier alpha value is -2.97. The quantitative estimate of drug-likeness (QED) is 0.649. The first kappa shape index (κ1) is 18.8. The Kier molecular flexibility index (Phi) is 5.68. The molecule has 27 heavy (non-hydrogen) atoms. The smallest absolute Gasteiger partial charge is 0.339 e. The van der Waals surface area contributed by atoms with Crippen molar-refractivity contribution in [2.24, 2.45) is 0 Å². The minimum atomic E-state index is -0.517. The number of pyridine rings is 1. The molecule has 0 aliphatic carbocycles. The van der Waals surface area contributed by atoms with Crippen molar-refractivity contribution in [1.29, 1.82) is 0 Å². The van der Waals surface area contributed by atoms with Crippen LogP contribution < -0.4 is 10.1 Å². The predicted octanol–water partition coefficient (Wildman–Crippen LogP) is 3.91. The van der Waals surface area contributed by atoms with Crippen molar-refractivity contribution >= 4 is 39.9 Å². The van der Waals surface area contributed by atoms with Crippen LogP contribution in [0.1, 0.15) is 20.8 Å². The Morgan fingerprint density at radius 1 is 1.19 bits per heavy atom. The molecule has 0 saturated heterocycles. The van der Waals surface area contributed by atoms with Gasteiger partial charge in [-0.25, -0.2) is 9.78 Å². The van der Waals surface area contributed by atoms with E-state index in [2.05, 4.69) is 20.0 Å². The second-order valence-corrected chi connectivity index (χ2v) is 6.53. The minimum Gasteiger partial charge on any atom is -0.495 e. The molecule has 3 rings (SSSR count). The highest BCUT2D eigenvalue weighted by molar-refractivity contribution is 7.14. The Morgan fingerprint density at radius 3 is 2.63 bits per heavy atom. The summed E-state index contributed by atoms with van der Waals surface area (Å²) >= 11 is 7.41. The number of ether oxygens (including phenoxy) is 2. The number of halogens is 1. The number of hydrogen-bond donors (Lipinski definition) is 1. The van der Waals surface area contributed by atoms with E-state index in [0.717, 1.165) is 5.56 Å².